The molecule has 0 unspecified atom stereocenters. The summed E-state index contributed by atoms with van der Waals surface area (Å²) in [6, 6.07) is 13.8. The standard InChI is InChI=1S/C20H23N3O4.ClH/c1-26-16-8-6-15(7-9-16)22-19(24)13-2-4-14(5-3-13)23-20(25)18-11-10-17(12-21)27-18;/h2-9,17-18H,10-12,21H2,1H3,(H,22,24)(H,23,25);1H/t17-,18+;/m1./s1. The van der Waals surface area contributed by atoms with E-state index in [1.807, 2.05) is 0 Å². The van der Waals surface area contributed by atoms with Gasteiger partial charge in [-0.15, -0.1) is 12.4 Å². The molecule has 0 saturated carbocycles. The summed E-state index contributed by atoms with van der Waals surface area (Å²) in [6.45, 7) is 0.418. The van der Waals surface area contributed by atoms with Gasteiger partial charge in [-0.3, -0.25) is 9.59 Å². The van der Waals surface area contributed by atoms with Gasteiger partial charge in [0.2, 0.25) is 0 Å². The molecule has 2 amide bonds. The van der Waals surface area contributed by atoms with Crippen LogP contribution in [0, 0.1) is 0 Å². The minimum Gasteiger partial charge on any atom is -0.497 e. The number of rotatable bonds is 6. The average molecular weight is 406 g/mol. The van der Waals surface area contributed by atoms with Crippen LogP contribution in [-0.2, 0) is 9.53 Å². The second-order valence-electron chi connectivity index (χ2n) is 6.31. The zero-order chi connectivity index (χ0) is 19.2. The van der Waals surface area contributed by atoms with E-state index in [0.717, 1.165) is 12.2 Å². The number of nitrogens with two attached hydrogens (primary N) is 1. The van der Waals surface area contributed by atoms with Crippen LogP contribution in [0.2, 0.25) is 0 Å². The Bertz CT molecular complexity index is 796. The predicted molar refractivity (Wildman–Crippen MR) is 110 cm³/mol. The SMILES string of the molecule is COc1ccc(NC(=O)c2ccc(NC(=O)[C@@H]3CC[C@H](CN)O3)cc2)cc1.Cl. The third kappa shape index (κ3) is 5.45. The lowest BCUT2D eigenvalue weighted by Crippen LogP contribution is -2.29. The third-order valence-electron chi connectivity index (χ3n) is 4.43. The number of hydrogen-bond acceptors (Lipinski definition) is 5. The molecule has 1 fully saturated rings. The van der Waals surface area contributed by atoms with Gasteiger partial charge < -0.3 is 25.8 Å². The van der Waals surface area contributed by atoms with E-state index >= 15 is 0 Å². The van der Waals surface area contributed by atoms with Crippen molar-refractivity contribution < 1.29 is 19.1 Å². The zero-order valence-electron chi connectivity index (χ0n) is 15.5. The van der Waals surface area contributed by atoms with Crippen molar-refractivity contribution in [3.63, 3.8) is 0 Å². The summed E-state index contributed by atoms with van der Waals surface area (Å²) in [5.74, 6) is 0.293. The molecule has 0 radical (unpaired) electrons. The number of nitrogens with one attached hydrogen (secondary N) is 2. The highest BCUT2D eigenvalue weighted by atomic mass is 35.5. The Morgan fingerprint density at radius 1 is 1.04 bits per heavy atom. The van der Waals surface area contributed by atoms with E-state index in [-0.39, 0.29) is 30.3 Å². The molecular formula is C20H24ClN3O4. The molecule has 0 aromatic heterocycles. The molecule has 4 N–H and O–H groups in total. The molecule has 1 aliphatic rings. The van der Waals surface area contributed by atoms with E-state index < -0.39 is 6.10 Å². The molecular weight excluding hydrogens is 382 g/mol. The summed E-state index contributed by atoms with van der Waals surface area (Å²) in [5.41, 5.74) is 7.34. The average Bonchev–Trinajstić information content (AvgIpc) is 3.18. The summed E-state index contributed by atoms with van der Waals surface area (Å²) >= 11 is 0. The molecule has 0 bridgehead atoms. The van der Waals surface area contributed by atoms with Crippen molar-refractivity contribution in [1.29, 1.82) is 0 Å². The maximum atomic E-state index is 12.3. The third-order valence-corrected chi connectivity index (χ3v) is 4.43. The molecule has 2 atom stereocenters. The summed E-state index contributed by atoms with van der Waals surface area (Å²) in [7, 11) is 1.59. The Kier molecular flexibility index (Phi) is 7.80. The molecule has 1 saturated heterocycles. The topological polar surface area (TPSA) is 103 Å². The van der Waals surface area contributed by atoms with Gasteiger partial charge in [-0.05, 0) is 61.4 Å². The van der Waals surface area contributed by atoms with Crippen molar-refractivity contribution in [3.8, 4) is 5.75 Å². The first-order chi connectivity index (χ1) is 13.1. The first kappa shape index (κ1) is 21.7. The van der Waals surface area contributed by atoms with Crippen molar-refractivity contribution in [2.75, 3.05) is 24.3 Å². The van der Waals surface area contributed by atoms with Crippen LogP contribution in [-0.4, -0.2) is 37.7 Å². The Balaban J connectivity index is 0.00000280. The lowest BCUT2D eigenvalue weighted by Gasteiger charge is -2.13. The first-order valence-electron chi connectivity index (χ1n) is 8.81. The molecule has 0 spiro atoms. The van der Waals surface area contributed by atoms with Crippen LogP contribution < -0.4 is 21.1 Å². The maximum Gasteiger partial charge on any atom is 0.255 e. The lowest BCUT2D eigenvalue weighted by atomic mass is 10.1. The van der Waals surface area contributed by atoms with E-state index in [0.29, 0.717) is 29.9 Å². The molecule has 1 aliphatic heterocycles. The van der Waals surface area contributed by atoms with Crippen molar-refractivity contribution in [3.05, 3.63) is 54.1 Å². The molecule has 2 aromatic rings. The number of benzene rings is 2. The molecule has 0 aliphatic carbocycles. The predicted octanol–water partition coefficient (Wildman–Crippen LogP) is 2.81. The van der Waals surface area contributed by atoms with Gasteiger partial charge in [0, 0.05) is 23.5 Å². The molecule has 3 rings (SSSR count). The number of amides is 2. The lowest BCUT2D eigenvalue weighted by molar-refractivity contribution is -0.126. The Labute approximate surface area is 170 Å². The normalized spacial score (nSPS) is 18.1. The number of carbonyl (C=O) groups excluding carboxylic acids is 2. The van der Waals surface area contributed by atoms with Gasteiger partial charge in [-0.1, -0.05) is 0 Å². The molecule has 28 heavy (non-hydrogen) atoms. The van der Waals surface area contributed by atoms with Crippen molar-refractivity contribution in [1.82, 2.24) is 0 Å². The van der Waals surface area contributed by atoms with Gasteiger partial charge in [-0.25, -0.2) is 0 Å². The number of methoxy groups -OCH3 is 1. The second-order valence-corrected chi connectivity index (χ2v) is 6.31. The number of ether oxygens (including phenoxy) is 2. The minimum absolute atomic E-state index is 0. The number of carbonyl (C=O) groups is 2. The Morgan fingerprint density at radius 2 is 1.64 bits per heavy atom. The van der Waals surface area contributed by atoms with Crippen molar-refractivity contribution >= 4 is 35.6 Å². The van der Waals surface area contributed by atoms with Crippen LogP contribution in [0.3, 0.4) is 0 Å². The molecule has 2 aromatic carbocycles. The van der Waals surface area contributed by atoms with Gasteiger partial charge in [0.1, 0.15) is 11.9 Å². The smallest absolute Gasteiger partial charge is 0.255 e. The van der Waals surface area contributed by atoms with Crippen LogP contribution >= 0.6 is 12.4 Å². The quantitative estimate of drug-likeness (QED) is 0.685. The summed E-state index contributed by atoms with van der Waals surface area (Å²) in [5, 5.41) is 5.62. The first-order valence-corrected chi connectivity index (χ1v) is 8.81. The van der Waals surface area contributed by atoms with E-state index in [9.17, 15) is 9.59 Å². The van der Waals surface area contributed by atoms with Crippen LogP contribution in [0.15, 0.2) is 48.5 Å². The zero-order valence-corrected chi connectivity index (χ0v) is 16.3. The highest BCUT2D eigenvalue weighted by Crippen LogP contribution is 2.21. The van der Waals surface area contributed by atoms with E-state index in [1.165, 1.54) is 0 Å². The monoisotopic (exact) mass is 405 g/mol. The maximum absolute atomic E-state index is 12.3. The van der Waals surface area contributed by atoms with Gasteiger partial charge in [0.05, 0.1) is 13.2 Å². The van der Waals surface area contributed by atoms with Gasteiger partial charge >= 0.3 is 0 Å². The number of anilines is 2. The fourth-order valence-corrected chi connectivity index (χ4v) is 2.88. The number of hydrogen-bond donors (Lipinski definition) is 3. The minimum atomic E-state index is -0.475. The fourth-order valence-electron chi connectivity index (χ4n) is 2.88. The van der Waals surface area contributed by atoms with E-state index in [2.05, 4.69) is 10.6 Å². The molecule has 150 valence electrons. The summed E-state index contributed by atoms with van der Waals surface area (Å²) in [6.07, 6.45) is 0.927. The van der Waals surface area contributed by atoms with Crippen LogP contribution in [0.4, 0.5) is 11.4 Å². The molecule has 7 nitrogen and oxygen atoms in total. The highest BCUT2D eigenvalue weighted by molar-refractivity contribution is 6.04. The van der Waals surface area contributed by atoms with Crippen LogP contribution in [0.5, 0.6) is 5.75 Å². The molecule has 8 heteroatoms. The second kappa shape index (κ2) is 10.1. The van der Waals surface area contributed by atoms with Crippen LogP contribution in [0.1, 0.15) is 23.2 Å². The number of halogens is 1. The molecule has 1 heterocycles. The highest BCUT2D eigenvalue weighted by Gasteiger charge is 2.29. The van der Waals surface area contributed by atoms with Gasteiger partial charge in [-0.2, -0.15) is 0 Å². The Morgan fingerprint density at radius 3 is 2.21 bits per heavy atom. The summed E-state index contributed by atoms with van der Waals surface area (Å²) < 4.78 is 10.7. The van der Waals surface area contributed by atoms with E-state index in [1.54, 1.807) is 55.6 Å². The fraction of sp³-hybridized carbons (Fsp3) is 0.300. The largest absolute Gasteiger partial charge is 0.497 e. The van der Waals surface area contributed by atoms with Crippen molar-refractivity contribution in [2.24, 2.45) is 5.73 Å². The Hall–Kier alpha value is -2.61. The van der Waals surface area contributed by atoms with Crippen LogP contribution in [0.25, 0.3) is 0 Å². The van der Waals surface area contributed by atoms with Crippen molar-refractivity contribution in [2.45, 2.75) is 25.0 Å². The van der Waals surface area contributed by atoms with Gasteiger partial charge in [0.15, 0.2) is 0 Å². The van der Waals surface area contributed by atoms with Gasteiger partial charge in [0.25, 0.3) is 11.8 Å². The van der Waals surface area contributed by atoms with E-state index in [4.69, 9.17) is 15.2 Å². The summed E-state index contributed by atoms with van der Waals surface area (Å²) in [4.78, 5) is 24.5.